The topological polar surface area (TPSA) is 41.5 Å². The molecule has 1 aliphatic rings. The van der Waals surface area contributed by atoms with Crippen LogP contribution in [-0.4, -0.2) is 37.0 Å². The third kappa shape index (κ3) is 6.88. The summed E-state index contributed by atoms with van der Waals surface area (Å²) < 4.78 is 5.53. The van der Waals surface area contributed by atoms with Crippen LogP contribution in [0.2, 0.25) is 0 Å². The van der Waals surface area contributed by atoms with Gasteiger partial charge in [0.15, 0.2) is 0 Å². The van der Waals surface area contributed by atoms with Crippen LogP contribution in [0, 0.1) is 5.92 Å². The Balaban J connectivity index is 1.91. The van der Waals surface area contributed by atoms with Gasteiger partial charge in [0, 0.05) is 25.3 Å². The Morgan fingerprint density at radius 2 is 1.93 bits per heavy atom. The summed E-state index contributed by atoms with van der Waals surface area (Å²) in [6, 6.07) is 0.898. The minimum atomic E-state index is 0.226. The fourth-order valence-corrected chi connectivity index (χ4v) is 1.46. The van der Waals surface area contributed by atoms with Gasteiger partial charge in [0.25, 0.3) is 0 Å². The highest BCUT2D eigenvalue weighted by molar-refractivity contribution is 4.84. The maximum absolute atomic E-state index is 9.13. The molecule has 1 fully saturated rings. The lowest BCUT2D eigenvalue weighted by Gasteiger charge is -2.15. The summed E-state index contributed by atoms with van der Waals surface area (Å²) in [5.74, 6) is 0.711. The second-order valence-electron chi connectivity index (χ2n) is 4.90. The number of nitrogens with one attached hydrogen (secondary N) is 1. The van der Waals surface area contributed by atoms with Crippen molar-refractivity contribution >= 4 is 0 Å². The first kappa shape index (κ1) is 12.9. The largest absolute Gasteiger partial charge is 0.395 e. The van der Waals surface area contributed by atoms with Crippen molar-refractivity contribution in [2.24, 2.45) is 5.92 Å². The van der Waals surface area contributed by atoms with Gasteiger partial charge in [-0.05, 0) is 31.6 Å². The Labute approximate surface area is 93.2 Å². The van der Waals surface area contributed by atoms with Gasteiger partial charge in [-0.1, -0.05) is 13.8 Å². The zero-order valence-electron chi connectivity index (χ0n) is 10.0. The molecular formula is C12H25NO2. The van der Waals surface area contributed by atoms with E-state index >= 15 is 0 Å². The molecule has 0 aliphatic heterocycles. The summed E-state index contributed by atoms with van der Waals surface area (Å²) in [4.78, 5) is 0. The predicted octanol–water partition coefficient (Wildman–Crippen LogP) is 1.55. The van der Waals surface area contributed by atoms with Crippen LogP contribution < -0.4 is 5.32 Å². The highest BCUT2D eigenvalue weighted by Gasteiger charge is 2.23. The number of aliphatic hydroxyl groups is 1. The zero-order valence-corrected chi connectivity index (χ0v) is 10.0. The van der Waals surface area contributed by atoms with Crippen molar-refractivity contribution < 1.29 is 9.84 Å². The normalized spacial score (nSPS) is 18.4. The van der Waals surface area contributed by atoms with E-state index in [1.807, 2.05) is 0 Å². The number of rotatable bonds is 9. The molecule has 0 saturated heterocycles. The van der Waals surface area contributed by atoms with Crippen molar-refractivity contribution in [2.45, 2.75) is 51.6 Å². The van der Waals surface area contributed by atoms with Crippen molar-refractivity contribution in [2.75, 3.05) is 19.8 Å². The van der Waals surface area contributed by atoms with Gasteiger partial charge < -0.3 is 15.2 Å². The second-order valence-corrected chi connectivity index (χ2v) is 4.90. The standard InChI is InChI=1S/C12H25NO2/c1-10(2)5-7-15-8-6-12(9-14)13-11-3-4-11/h10-14H,3-9H2,1-2H3. The highest BCUT2D eigenvalue weighted by atomic mass is 16.5. The van der Waals surface area contributed by atoms with E-state index in [-0.39, 0.29) is 12.6 Å². The molecule has 1 aliphatic carbocycles. The molecule has 15 heavy (non-hydrogen) atoms. The summed E-state index contributed by atoms with van der Waals surface area (Å²) in [6.45, 7) is 6.24. The first-order valence-electron chi connectivity index (χ1n) is 6.17. The summed E-state index contributed by atoms with van der Waals surface area (Å²) in [5, 5.41) is 12.5. The molecule has 0 amide bonds. The molecule has 1 rings (SSSR count). The molecule has 0 aromatic rings. The molecule has 1 saturated carbocycles. The Bertz CT molecular complexity index is 158. The predicted molar refractivity (Wildman–Crippen MR) is 61.9 cm³/mol. The molecule has 0 aromatic carbocycles. The van der Waals surface area contributed by atoms with Crippen LogP contribution in [-0.2, 0) is 4.74 Å². The lowest BCUT2D eigenvalue weighted by Crippen LogP contribution is -2.35. The van der Waals surface area contributed by atoms with Gasteiger partial charge in [0.2, 0.25) is 0 Å². The molecule has 0 bridgehead atoms. The molecular weight excluding hydrogens is 190 g/mol. The van der Waals surface area contributed by atoms with E-state index in [1.165, 1.54) is 12.8 Å². The minimum Gasteiger partial charge on any atom is -0.395 e. The van der Waals surface area contributed by atoms with Crippen LogP contribution >= 0.6 is 0 Å². The first-order chi connectivity index (χ1) is 7.22. The minimum absolute atomic E-state index is 0.226. The summed E-state index contributed by atoms with van der Waals surface area (Å²) in [5.41, 5.74) is 0. The summed E-state index contributed by atoms with van der Waals surface area (Å²) in [6.07, 6.45) is 4.58. The Morgan fingerprint density at radius 3 is 2.47 bits per heavy atom. The van der Waals surface area contributed by atoms with Crippen LogP contribution in [0.15, 0.2) is 0 Å². The maximum Gasteiger partial charge on any atom is 0.0585 e. The summed E-state index contributed by atoms with van der Waals surface area (Å²) >= 11 is 0. The molecule has 1 unspecified atom stereocenters. The Hall–Kier alpha value is -0.120. The number of aliphatic hydroxyl groups excluding tert-OH is 1. The van der Waals surface area contributed by atoms with Crippen molar-refractivity contribution in [1.82, 2.24) is 5.32 Å². The molecule has 90 valence electrons. The SMILES string of the molecule is CC(C)CCOCCC(CO)NC1CC1. The number of hydrogen-bond acceptors (Lipinski definition) is 3. The lowest BCUT2D eigenvalue weighted by molar-refractivity contribution is 0.105. The van der Waals surface area contributed by atoms with E-state index in [0.717, 1.165) is 26.1 Å². The maximum atomic E-state index is 9.13. The van der Waals surface area contributed by atoms with Crippen molar-refractivity contribution in [1.29, 1.82) is 0 Å². The molecule has 0 heterocycles. The quantitative estimate of drug-likeness (QED) is 0.573. The van der Waals surface area contributed by atoms with Gasteiger partial charge in [-0.15, -0.1) is 0 Å². The molecule has 0 aromatic heterocycles. The van der Waals surface area contributed by atoms with Gasteiger partial charge in [0.05, 0.1) is 6.61 Å². The van der Waals surface area contributed by atoms with E-state index in [4.69, 9.17) is 9.84 Å². The van der Waals surface area contributed by atoms with Gasteiger partial charge in [-0.2, -0.15) is 0 Å². The van der Waals surface area contributed by atoms with E-state index in [1.54, 1.807) is 0 Å². The fourth-order valence-electron chi connectivity index (χ4n) is 1.46. The molecule has 0 spiro atoms. The smallest absolute Gasteiger partial charge is 0.0585 e. The van der Waals surface area contributed by atoms with Crippen LogP contribution in [0.25, 0.3) is 0 Å². The average molecular weight is 215 g/mol. The van der Waals surface area contributed by atoms with Crippen LogP contribution in [0.5, 0.6) is 0 Å². The lowest BCUT2D eigenvalue weighted by atomic mass is 10.1. The number of ether oxygens (including phenoxy) is 1. The number of hydrogen-bond donors (Lipinski definition) is 2. The van der Waals surface area contributed by atoms with Crippen molar-refractivity contribution in [3.63, 3.8) is 0 Å². The summed E-state index contributed by atoms with van der Waals surface area (Å²) in [7, 11) is 0. The van der Waals surface area contributed by atoms with Crippen LogP contribution in [0.1, 0.15) is 39.5 Å². The second kappa shape index (κ2) is 7.20. The van der Waals surface area contributed by atoms with E-state index in [2.05, 4.69) is 19.2 Å². The van der Waals surface area contributed by atoms with Crippen molar-refractivity contribution in [3.8, 4) is 0 Å². The molecule has 1 atom stereocenters. The van der Waals surface area contributed by atoms with E-state index in [9.17, 15) is 0 Å². The monoisotopic (exact) mass is 215 g/mol. The van der Waals surface area contributed by atoms with E-state index in [0.29, 0.717) is 12.0 Å². The fraction of sp³-hybridized carbons (Fsp3) is 1.00. The van der Waals surface area contributed by atoms with Crippen LogP contribution in [0.3, 0.4) is 0 Å². The molecule has 2 N–H and O–H groups in total. The van der Waals surface area contributed by atoms with Gasteiger partial charge in [-0.25, -0.2) is 0 Å². The average Bonchev–Trinajstić information content (AvgIpc) is 2.99. The highest BCUT2D eigenvalue weighted by Crippen LogP contribution is 2.19. The van der Waals surface area contributed by atoms with Crippen LogP contribution in [0.4, 0.5) is 0 Å². The Morgan fingerprint density at radius 1 is 1.27 bits per heavy atom. The van der Waals surface area contributed by atoms with Gasteiger partial charge in [0.1, 0.15) is 0 Å². The van der Waals surface area contributed by atoms with Gasteiger partial charge in [-0.3, -0.25) is 0 Å². The van der Waals surface area contributed by atoms with Crippen molar-refractivity contribution in [3.05, 3.63) is 0 Å². The Kier molecular flexibility index (Phi) is 6.22. The third-order valence-corrected chi connectivity index (χ3v) is 2.72. The molecule has 3 heteroatoms. The van der Waals surface area contributed by atoms with E-state index < -0.39 is 0 Å². The zero-order chi connectivity index (χ0) is 11.1. The first-order valence-corrected chi connectivity index (χ1v) is 6.17. The third-order valence-electron chi connectivity index (χ3n) is 2.72. The molecule has 3 nitrogen and oxygen atoms in total. The molecule has 0 radical (unpaired) electrons. The van der Waals surface area contributed by atoms with Gasteiger partial charge >= 0.3 is 0 Å².